The highest BCUT2D eigenvalue weighted by atomic mass is 16.7. The lowest BCUT2D eigenvalue weighted by atomic mass is 9.98. The molecule has 6 nitrogen and oxygen atoms in total. The van der Waals surface area contributed by atoms with Gasteiger partial charge in [0.15, 0.2) is 11.5 Å². The fourth-order valence-corrected chi connectivity index (χ4v) is 3.83. The van der Waals surface area contributed by atoms with E-state index in [-0.39, 0.29) is 12.8 Å². The van der Waals surface area contributed by atoms with Gasteiger partial charge in [-0.25, -0.2) is 4.79 Å². The first kappa shape index (κ1) is 15.6. The molecule has 1 N–H and O–H groups in total. The highest BCUT2D eigenvalue weighted by Gasteiger charge is 2.37. The second-order valence-corrected chi connectivity index (χ2v) is 6.99. The topological polar surface area (TPSA) is 54.0 Å². The molecule has 0 radical (unpaired) electrons. The van der Waals surface area contributed by atoms with Crippen molar-refractivity contribution >= 4 is 6.03 Å². The van der Waals surface area contributed by atoms with Gasteiger partial charge in [0, 0.05) is 31.7 Å². The van der Waals surface area contributed by atoms with Crippen LogP contribution in [-0.4, -0.2) is 54.3 Å². The molecule has 0 saturated carbocycles. The molecule has 1 aromatic rings. The van der Waals surface area contributed by atoms with E-state index in [1.807, 2.05) is 23.1 Å². The Kier molecular flexibility index (Phi) is 4.22. The Morgan fingerprint density at radius 2 is 2.08 bits per heavy atom. The van der Waals surface area contributed by atoms with Crippen LogP contribution in [0.5, 0.6) is 11.5 Å². The van der Waals surface area contributed by atoms with Crippen molar-refractivity contribution in [2.45, 2.75) is 44.8 Å². The molecule has 24 heavy (non-hydrogen) atoms. The van der Waals surface area contributed by atoms with Crippen molar-refractivity contribution in [3.8, 4) is 11.5 Å². The van der Waals surface area contributed by atoms with Crippen molar-refractivity contribution in [2.75, 3.05) is 26.4 Å². The first-order chi connectivity index (χ1) is 11.7. The molecule has 0 spiro atoms. The lowest BCUT2D eigenvalue weighted by molar-refractivity contribution is 0.0169. The van der Waals surface area contributed by atoms with Gasteiger partial charge in [-0.1, -0.05) is 12.5 Å². The molecule has 2 amide bonds. The van der Waals surface area contributed by atoms with E-state index < -0.39 is 0 Å². The van der Waals surface area contributed by atoms with E-state index in [1.165, 1.54) is 25.8 Å². The first-order valence-corrected chi connectivity index (χ1v) is 8.88. The van der Waals surface area contributed by atoms with Crippen LogP contribution < -0.4 is 14.8 Å². The fraction of sp³-hybridized carbons (Fsp3) is 0.611. The number of urea groups is 1. The van der Waals surface area contributed by atoms with Crippen molar-refractivity contribution in [2.24, 2.45) is 0 Å². The van der Waals surface area contributed by atoms with Crippen molar-refractivity contribution < 1.29 is 14.3 Å². The Morgan fingerprint density at radius 3 is 2.92 bits per heavy atom. The number of piperidine rings is 1. The van der Waals surface area contributed by atoms with Crippen LogP contribution >= 0.6 is 0 Å². The van der Waals surface area contributed by atoms with E-state index in [2.05, 4.69) is 17.1 Å². The minimum atomic E-state index is 0.0218. The zero-order valence-electron chi connectivity index (χ0n) is 14.2. The summed E-state index contributed by atoms with van der Waals surface area (Å²) in [5, 5.41) is 3.00. The number of nitrogens with zero attached hydrogens (tertiary/aromatic N) is 2. The summed E-state index contributed by atoms with van der Waals surface area (Å²) in [6.45, 7) is 5.96. The zero-order chi connectivity index (χ0) is 16.5. The maximum Gasteiger partial charge on any atom is 0.317 e. The van der Waals surface area contributed by atoms with Gasteiger partial charge in [0.25, 0.3) is 0 Å². The molecule has 0 bridgehead atoms. The van der Waals surface area contributed by atoms with Gasteiger partial charge in [-0.3, -0.25) is 4.90 Å². The lowest BCUT2D eigenvalue weighted by Gasteiger charge is -2.49. The summed E-state index contributed by atoms with van der Waals surface area (Å²) < 4.78 is 10.7. The SMILES string of the molecule is C[C@H]1CCCCN1C1CN(C(=O)NCc2ccc3c(c2)OCO3)C1. The molecule has 1 atom stereocenters. The lowest BCUT2D eigenvalue weighted by Crippen LogP contribution is -2.64. The first-order valence-electron chi connectivity index (χ1n) is 8.88. The average molecular weight is 331 g/mol. The van der Waals surface area contributed by atoms with Crippen molar-refractivity contribution in [3.63, 3.8) is 0 Å². The molecule has 1 aromatic carbocycles. The predicted octanol–water partition coefficient (Wildman–Crippen LogP) is 2.18. The van der Waals surface area contributed by atoms with E-state index in [9.17, 15) is 4.79 Å². The molecule has 2 fully saturated rings. The Balaban J connectivity index is 1.24. The number of fused-ring (bicyclic) bond motifs is 1. The number of hydrogen-bond acceptors (Lipinski definition) is 4. The standard InChI is InChI=1S/C18H25N3O3/c1-13-4-2-3-7-21(13)15-10-20(11-15)18(22)19-9-14-5-6-16-17(8-14)24-12-23-16/h5-6,8,13,15H,2-4,7,9-12H2,1H3,(H,19,22)/t13-/m0/s1. The molecule has 6 heteroatoms. The average Bonchev–Trinajstić information content (AvgIpc) is 3.01. The third-order valence-electron chi connectivity index (χ3n) is 5.35. The van der Waals surface area contributed by atoms with Gasteiger partial charge in [-0.2, -0.15) is 0 Å². The van der Waals surface area contributed by atoms with E-state index in [0.29, 0.717) is 18.6 Å². The van der Waals surface area contributed by atoms with Gasteiger partial charge < -0.3 is 19.7 Å². The maximum absolute atomic E-state index is 12.3. The summed E-state index contributed by atoms with van der Waals surface area (Å²) in [7, 11) is 0. The fourth-order valence-electron chi connectivity index (χ4n) is 3.83. The summed E-state index contributed by atoms with van der Waals surface area (Å²) in [5.74, 6) is 1.52. The number of hydrogen-bond donors (Lipinski definition) is 1. The van der Waals surface area contributed by atoms with Gasteiger partial charge >= 0.3 is 6.03 Å². The zero-order valence-corrected chi connectivity index (χ0v) is 14.2. The van der Waals surface area contributed by atoms with Crippen LogP contribution in [0.3, 0.4) is 0 Å². The molecule has 0 aromatic heterocycles. The highest BCUT2D eigenvalue weighted by Crippen LogP contribution is 2.32. The van der Waals surface area contributed by atoms with Gasteiger partial charge in [0.2, 0.25) is 6.79 Å². The number of rotatable bonds is 3. The van der Waals surface area contributed by atoms with Crippen LogP contribution in [0.2, 0.25) is 0 Å². The van der Waals surface area contributed by atoms with Crippen LogP contribution in [0.1, 0.15) is 31.7 Å². The van der Waals surface area contributed by atoms with Gasteiger partial charge in [-0.05, 0) is 44.0 Å². The Labute approximate surface area is 142 Å². The molecular formula is C18H25N3O3. The summed E-state index contributed by atoms with van der Waals surface area (Å²) in [6, 6.07) is 6.99. The second-order valence-electron chi connectivity index (χ2n) is 6.99. The van der Waals surface area contributed by atoms with E-state index in [0.717, 1.165) is 30.2 Å². The van der Waals surface area contributed by atoms with Crippen molar-refractivity contribution in [1.29, 1.82) is 0 Å². The summed E-state index contributed by atoms with van der Waals surface area (Å²) in [5.41, 5.74) is 1.02. The summed E-state index contributed by atoms with van der Waals surface area (Å²) >= 11 is 0. The largest absolute Gasteiger partial charge is 0.454 e. The number of nitrogens with one attached hydrogen (secondary N) is 1. The molecule has 0 aliphatic carbocycles. The van der Waals surface area contributed by atoms with Gasteiger partial charge in [-0.15, -0.1) is 0 Å². The van der Waals surface area contributed by atoms with Gasteiger partial charge in [0.05, 0.1) is 0 Å². The quantitative estimate of drug-likeness (QED) is 0.922. The molecule has 4 rings (SSSR count). The van der Waals surface area contributed by atoms with E-state index >= 15 is 0 Å². The van der Waals surface area contributed by atoms with Gasteiger partial charge in [0.1, 0.15) is 0 Å². The minimum absolute atomic E-state index is 0.0218. The number of carbonyl (C=O) groups excluding carboxylic acids is 1. The Bertz CT molecular complexity index is 616. The second kappa shape index (κ2) is 6.51. The van der Waals surface area contributed by atoms with Crippen LogP contribution in [0.4, 0.5) is 4.79 Å². The number of ether oxygens (including phenoxy) is 2. The minimum Gasteiger partial charge on any atom is -0.454 e. The highest BCUT2D eigenvalue weighted by molar-refractivity contribution is 5.75. The number of benzene rings is 1. The molecule has 0 unspecified atom stereocenters. The smallest absolute Gasteiger partial charge is 0.317 e. The third kappa shape index (κ3) is 3.02. The number of amides is 2. The molecule has 130 valence electrons. The van der Waals surface area contributed by atoms with E-state index in [4.69, 9.17) is 9.47 Å². The van der Waals surface area contributed by atoms with Crippen LogP contribution in [0.25, 0.3) is 0 Å². The molecule has 2 saturated heterocycles. The van der Waals surface area contributed by atoms with E-state index in [1.54, 1.807) is 0 Å². The molecular weight excluding hydrogens is 306 g/mol. The summed E-state index contributed by atoms with van der Waals surface area (Å²) in [6.07, 6.45) is 3.91. The number of likely N-dealkylation sites (tertiary alicyclic amines) is 2. The van der Waals surface area contributed by atoms with Crippen LogP contribution in [0.15, 0.2) is 18.2 Å². The predicted molar refractivity (Wildman–Crippen MR) is 90.2 cm³/mol. The molecule has 3 aliphatic heterocycles. The van der Waals surface area contributed by atoms with Crippen molar-refractivity contribution in [1.82, 2.24) is 15.1 Å². The molecule has 3 heterocycles. The number of carbonyl (C=O) groups is 1. The Hall–Kier alpha value is -1.95. The monoisotopic (exact) mass is 331 g/mol. The Morgan fingerprint density at radius 1 is 1.25 bits per heavy atom. The molecule has 3 aliphatic rings. The maximum atomic E-state index is 12.3. The third-order valence-corrected chi connectivity index (χ3v) is 5.35. The van der Waals surface area contributed by atoms with Crippen molar-refractivity contribution in [3.05, 3.63) is 23.8 Å². The van der Waals surface area contributed by atoms with Crippen LogP contribution in [-0.2, 0) is 6.54 Å². The summed E-state index contributed by atoms with van der Waals surface area (Å²) in [4.78, 5) is 16.8. The van der Waals surface area contributed by atoms with Crippen LogP contribution in [0, 0.1) is 0 Å². The normalized spacial score (nSPS) is 23.9.